The van der Waals surface area contributed by atoms with Crippen molar-refractivity contribution >= 4 is 26.0 Å². The average Bonchev–Trinajstić information content (AvgIpc) is 2.88. The second-order valence-electron chi connectivity index (χ2n) is 7.70. The zero-order chi connectivity index (χ0) is 24.2. The van der Waals surface area contributed by atoms with E-state index in [0.29, 0.717) is 0 Å². The standard InChI is InChI=1S/C23H24N4O5S2/c28-23(25-17-19-8-7-13-24-16-19)22-18-26(33(29,30)20-9-3-1-4-10-20)14-15-27(22)34(31,32)21-11-5-2-6-12-21/h1-13,16,22H,14-15,17-18H2,(H,25,28)/t22-/m0/s1. The molecule has 2 heterocycles. The Morgan fingerprint density at radius 2 is 1.47 bits per heavy atom. The molecule has 3 aromatic rings. The second-order valence-corrected chi connectivity index (χ2v) is 11.5. The number of piperazine rings is 1. The number of hydrogen-bond donors (Lipinski definition) is 1. The van der Waals surface area contributed by atoms with Crippen LogP contribution in [0.3, 0.4) is 0 Å². The fraction of sp³-hybridized carbons (Fsp3) is 0.217. The summed E-state index contributed by atoms with van der Waals surface area (Å²) in [6.07, 6.45) is 3.19. The third kappa shape index (κ3) is 5.02. The Bertz CT molecular complexity index is 1340. The van der Waals surface area contributed by atoms with Gasteiger partial charge in [-0.25, -0.2) is 16.8 Å². The number of carbonyl (C=O) groups is 1. The average molecular weight is 501 g/mol. The Kier molecular flexibility index (Phi) is 7.08. The number of nitrogens with one attached hydrogen (secondary N) is 1. The molecule has 1 aromatic heterocycles. The van der Waals surface area contributed by atoms with Gasteiger partial charge in [0.15, 0.2) is 0 Å². The van der Waals surface area contributed by atoms with Crippen molar-refractivity contribution in [2.45, 2.75) is 22.4 Å². The maximum Gasteiger partial charge on any atom is 0.243 e. The smallest absolute Gasteiger partial charge is 0.243 e. The summed E-state index contributed by atoms with van der Waals surface area (Å²) in [6, 6.07) is 17.9. The third-order valence-electron chi connectivity index (χ3n) is 5.52. The lowest BCUT2D eigenvalue weighted by Gasteiger charge is -2.38. The summed E-state index contributed by atoms with van der Waals surface area (Å²) in [5.74, 6) is -0.587. The third-order valence-corrected chi connectivity index (χ3v) is 9.32. The molecule has 1 fully saturated rings. The molecule has 1 aliphatic heterocycles. The van der Waals surface area contributed by atoms with E-state index in [1.54, 1.807) is 60.9 Å². The van der Waals surface area contributed by atoms with Crippen molar-refractivity contribution in [3.05, 3.63) is 90.8 Å². The SMILES string of the molecule is O=C(NCc1cccnc1)[C@@H]1CN(S(=O)(=O)c2ccccc2)CCN1S(=O)(=O)c1ccccc1. The lowest BCUT2D eigenvalue weighted by Crippen LogP contribution is -2.61. The van der Waals surface area contributed by atoms with Crippen molar-refractivity contribution in [1.82, 2.24) is 18.9 Å². The molecule has 1 N–H and O–H groups in total. The van der Waals surface area contributed by atoms with Gasteiger partial charge in [0.05, 0.1) is 9.79 Å². The fourth-order valence-corrected chi connectivity index (χ4v) is 6.79. The van der Waals surface area contributed by atoms with Crippen molar-refractivity contribution in [3.8, 4) is 0 Å². The van der Waals surface area contributed by atoms with E-state index in [0.717, 1.165) is 14.2 Å². The highest BCUT2D eigenvalue weighted by Crippen LogP contribution is 2.25. The normalized spacial score (nSPS) is 17.8. The van der Waals surface area contributed by atoms with Crippen LogP contribution in [0.15, 0.2) is 95.0 Å². The van der Waals surface area contributed by atoms with Crippen LogP contribution in [0.4, 0.5) is 0 Å². The fourth-order valence-electron chi connectivity index (χ4n) is 3.74. The molecule has 2 aromatic carbocycles. The molecule has 0 saturated carbocycles. The van der Waals surface area contributed by atoms with Crippen LogP contribution in [-0.4, -0.2) is 62.0 Å². The molecular weight excluding hydrogens is 476 g/mol. The van der Waals surface area contributed by atoms with E-state index in [1.807, 2.05) is 0 Å². The summed E-state index contributed by atoms with van der Waals surface area (Å²) in [5.41, 5.74) is 0.734. The van der Waals surface area contributed by atoms with Crippen LogP contribution in [0.2, 0.25) is 0 Å². The summed E-state index contributed by atoms with van der Waals surface area (Å²) in [5, 5.41) is 2.73. The van der Waals surface area contributed by atoms with Gasteiger partial charge in [-0.05, 0) is 35.9 Å². The molecule has 0 spiro atoms. The van der Waals surface area contributed by atoms with Gasteiger partial charge in [-0.2, -0.15) is 8.61 Å². The Hall–Kier alpha value is -3.12. The van der Waals surface area contributed by atoms with E-state index in [9.17, 15) is 21.6 Å². The predicted molar refractivity (Wildman–Crippen MR) is 125 cm³/mol. The number of amides is 1. The highest BCUT2D eigenvalue weighted by Gasteiger charge is 2.43. The molecule has 1 amide bonds. The number of sulfonamides is 2. The monoisotopic (exact) mass is 500 g/mol. The minimum atomic E-state index is -4.03. The molecule has 178 valence electrons. The second kappa shape index (κ2) is 10.0. The van der Waals surface area contributed by atoms with E-state index in [2.05, 4.69) is 10.3 Å². The zero-order valence-electron chi connectivity index (χ0n) is 18.2. The van der Waals surface area contributed by atoms with E-state index in [-0.39, 0.29) is 36.0 Å². The van der Waals surface area contributed by atoms with Gasteiger partial charge >= 0.3 is 0 Å². The van der Waals surface area contributed by atoms with Gasteiger partial charge in [-0.1, -0.05) is 42.5 Å². The largest absolute Gasteiger partial charge is 0.351 e. The minimum absolute atomic E-state index is 0.0411. The topological polar surface area (TPSA) is 117 Å². The zero-order valence-corrected chi connectivity index (χ0v) is 19.8. The number of benzene rings is 2. The number of carbonyl (C=O) groups excluding carboxylic acids is 1. The van der Waals surface area contributed by atoms with E-state index in [4.69, 9.17) is 0 Å². The van der Waals surface area contributed by atoms with Crippen molar-refractivity contribution < 1.29 is 21.6 Å². The van der Waals surface area contributed by atoms with Crippen molar-refractivity contribution in [1.29, 1.82) is 0 Å². The molecule has 34 heavy (non-hydrogen) atoms. The van der Waals surface area contributed by atoms with Gasteiger partial charge < -0.3 is 5.32 Å². The predicted octanol–water partition coefficient (Wildman–Crippen LogP) is 1.46. The summed E-state index contributed by atoms with van der Waals surface area (Å²) in [7, 11) is -7.94. The molecule has 4 rings (SSSR count). The molecule has 1 saturated heterocycles. The number of rotatable bonds is 7. The summed E-state index contributed by atoms with van der Waals surface area (Å²) < 4.78 is 55.3. The Balaban J connectivity index is 1.63. The van der Waals surface area contributed by atoms with Crippen LogP contribution in [0.5, 0.6) is 0 Å². The van der Waals surface area contributed by atoms with Crippen LogP contribution in [0.1, 0.15) is 5.56 Å². The van der Waals surface area contributed by atoms with Crippen LogP contribution >= 0.6 is 0 Å². The van der Waals surface area contributed by atoms with Crippen LogP contribution in [0.25, 0.3) is 0 Å². The van der Waals surface area contributed by atoms with Crippen molar-refractivity contribution in [2.75, 3.05) is 19.6 Å². The van der Waals surface area contributed by atoms with E-state index < -0.39 is 32.0 Å². The first-order chi connectivity index (χ1) is 16.3. The van der Waals surface area contributed by atoms with E-state index in [1.165, 1.54) is 24.3 Å². The molecule has 0 aliphatic carbocycles. The maximum atomic E-state index is 13.4. The minimum Gasteiger partial charge on any atom is -0.351 e. The summed E-state index contributed by atoms with van der Waals surface area (Å²) >= 11 is 0. The van der Waals surface area contributed by atoms with Crippen LogP contribution < -0.4 is 5.32 Å². The number of hydrogen-bond acceptors (Lipinski definition) is 6. The first kappa shape index (κ1) is 24.0. The highest BCUT2D eigenvalue weighted by molar-refractivity contribution is 7.89. The van der Waals surface area contributed by atoms with Gasteiger partial charge in [0.2, 0.25) is 26.0 Å². The van der Waals surface area contributed by atoms with Gasteiger partial charge in [-0.15, -0.1) is 0 Å². The summed E-state index contributed by atoms with van der Waals surface area (Å²) in [4.78, 5) is 17.3. The van der Waals surface area contributed by atoms with Gasteiger partial charge in [0.25, 0.3) is 0 Å². The first-order valence-electron chi connectivity index (χ1n) is 10.6. The maximum absolute atomic E-state index is 13.4. The van der Waals surface area contributed by atoms with Gasteiger partial charge in [0.1, 0.15) is 6.04 Å². The van der Waals surface area contributed by atoms with Gasteiger partial charge in [-0.3, -0.25) is 9.78 Å². The quantitative estimate of drug-likeness (QED) is 0.525. The molecular formula is C23H24N4O5S2. The number of aromatic nitrogens is 1. The number of pyridine rings is 1. The molecule has 1 atom stereocenters. The van der Waals surface area contributed by atoms with E-state index >= 15 is 0 Å². The molecule has 1 aliphatic rings. The first-order valence-corrected chi connectivity index (χ1v) is 13.5. The van der Waals surface area contributed by atoms with Gasteiger partial charge in [0, 0.05) is 38.6 Å². The Morgan fingerprint density at radius 3 is 2.06 bits per heavy atom. The van der Waals surface area contributed by atoms with Crippen molar-refractivity contribution in [3.63, 3.8) is 0 Å². The van der Waals surface area contributed by atoms with Crippen molar-refractivity contribution in [2.24, 2.45) is 0 Å². The Labute approximate surface area is 199 Å². The summed E-state index contributed by atoms with van der Waals surface area (Å²) in [6.45, 7) is -0.403. The molecule has 9 nitrogen and oxygen atoms in total. The molecule has 11 heteroatoms. The highest BCUT2D eigenvalue weighted by atomic mass is 32.2. The molecule has 0 unspecified atom stereocenters. The van der Waals surface area contributed by atoms with Crippen LogP contribution in [-0.2, 0) is 31.4 Å². The lowest BCUT2D eigenvalue weighted by molar-refractivity contribution is -0.126. The lowest BCUT2D eigenvalue weighted by atomic mass is 10.2. The van der Waals surface area contributed by atoms with Crippen LogP contribution in [0, 0.1) is 0 Å². The molecule has 0 radical (unpaired) electrons. The number of nitrogens with zero attached hydrogens (tertiary/aromatic N) is 3. The Morgan fingerprint density at radius 1 is 0.853 bits per heavy atom. The molecule has 0 bridgehead atoms.